The third-order valence-electron chi connectivity index (χ3n) is 3.61. The van der Waals surface area contributed by atoms with Crippen LogP contribution in [-0.4, -0.2) is 37.1 Å². The van der Waals surface area contributed by atoms with E-state index in [1.54, 1.807) is 0 Å². The third kappa shape index (κ3) is 5.07. The Bertz CT molecular complexity index is 245. The predicted molar refractivity (Wildman–Crippen MR) is 69.9 cm³/mol. The summed E-state index contributed by atoms with van der Waals surface area (Å²) >= 11 is 0. The predicted octanol–water partition coefficient (Wildman–Crippen LogP) is 2.70. The fraction of sp³-hybridized carbons (Fsp3) is 0.929. The van der Waals surface area contributed by atoms with E-state index in [1.165, 1.54) is 6.42 Å². The highest BCUT2D eigenvalue weighted by Crippen LogP contribution is 2.33. The zero-order chi connectivity index (χ0) is 12.9. The smallest absolute Gasteiger partial charge is 0.320 e. The van der Waals surface area contributed by atoms with Gasteiger partial charge < -0.3 is 4.74 Å². The van der Waals surface area contributed by atoms with E-state index in [0.717, 1.165) is 25.9 Å². The second-order valence-electron chi connectivity index (χ2n) is 6.16. The average molecular weight is 241 g/mol. The summed E-state index contributed by atoms with van der Waals surface area (Å²) in [6.07, 6.45) is 3.24. The van der Waals surface area contributed by atoms with Crippen molar-refractivity contribution >= 4 is 5.97 Å². The molecule has 3 nitrogen and oxygen atoms in total. The molecular formula is C14H27NO2. The average Bonchev–Trinajstić information content (AvgIpc) is 2.66. The summed E-state index contributed by atoms with van der Waals surface area (Å²) in [6, 6.07) is 0. The normalized spacial score (nSPS) is 21.8. The summed E-state index contributed by atoms with van der Waals surface area (Å²) in [5, 5.41) is 0. The molecule has 17 heavy (non-hydrogen) atoms. The molecule has 0 aliphatic carbocycles. The fourth-order valence-electron chi connectivity index (χ4n) is 2.24. The van der Waals surface area contributed by atoms with Crippen LogP contribution in [0.4, 0.5) is 0 Å². The molecule has 0 bridgehead atoms. The van der Waals surface area contributed by atoms with Gasteiger partial charge in [0.2, 0.25) is 0 Å². The molecule has 1 rings (SSSR count). The van der Waals surface area contributed by atoms with Crippen molar-refractivity contribution in [3.05, 3.63) is 0 Å². The first-order valence-electron chi connectivity index (χ1n) is 6.81. The number of hydrogen-bond acceptors (Lipinski definition) is 3. The number of likely N-dealkylation sites (tertiary alicyclic amines) is 1. The van der Waals surface area contributed by atoms with Crippen LogP contribution >= 0.6 is 0 Å². The second kappa shape index (κ2) is 6.39. The zero-order valence-electron chi connectivity index (χ0n) is 11.8. The summed E-state index contributed by atoms with van der Waals surface area (Å²) < 4.78 is 5.18. The number of carbonyl (C=O) groups is 1. The van der Waals surface area contributed by atoms with Gasteiger partial charge in [0, 0.05) is 6.54 Å². The third-order valence-corrected chi connectivity index (χ3v) is 3.61. The molecule has 3 heteroatoms. The van der Waals surface area contributed by atoms with Crippen LogP contribution in [0.1, 0.15) is 47.0 Å². The van der Waals surface area contributed by atoms with Gasteiger partial charge in [-0.15, -0.1) is 0 Å². The van der Waals surface area contributed by atoms with Gasteiger partial charge in [-0.2, -0.15) is 0 Å². The molecular weight excluding hydrogens is 214 g/mol. The van der Waals surface area contributed by atoms with Crippen molar-refractivity contribution in [3.8, 4) is 0 Å². The molecule has 100 valence electrons. The Labute approximate surface area is 106 Å². The van der Waals surface area contributed by atoms with Crippen molar-refractivity contribution in [2.75, 3.05) is 26.2 Å². The lowest BCUT2D eigenvalue weighted by Crippen LogP contribution is -2.31. The van der Waals surface area contributed by atoms with Gasteiger partial charge in [0.25, 0.3) is 0 Å². The van der Waals surface area contributed by atoms with Crippen LogP contribution < -0.4 is 0 Å². The Kier molecular flexibility index (Phi) is 5.44. The molecule has 1 fully saturated rings. The Morgan fingerprint density at radius 3 is 2.65 bits per heavy atom. The highest BCUT2D eigenvalue weighted by Gasteiger charge is 2.32. The van der Waals surface area contributed by atoms with Crippen LogP contribution in [0.5, 0.6) is 0 Å². The van der Waals surface area contributed by atoms with E-state index < -0.39 is 0 Å². The molecule has 1 saturated heterocycles. The van der Waals surface area contributed by atoms with Gasteiger partial charge in [0.1, 0.15) is 0 Å². The summed E-state index contributed by atoms with van der Waals surface area (Å²) in [5.74, 6) is 0.638. The Morgan fingerprint density at radius 2 is 2.12 bits per heavy atom. The van der Waals surface area contributed by atoms with Gasteiger partial charge in [-0.1, -0.05) is 34.1 Å². The molecule has 1 aliphatic heterocycles. The van der Waals surface area contributed by atoms with Crippen molar-refractivity contribution in [3.63, 3.8) is 0 Å². The minimum absolute atomic E-state index is 0.0620. The number of carbonyl (C=O) groups excluding carboxylic acids is 1. The van der Waals surface area contributed by atoms with Crippen LogP contribution in [0.3, 0.4) is 0 Å². The molecule has 0 radical (unpaired) electrons. The van der Waals surface area contributed by atoms with Crippen molar-refractivity contribution < 1.29 is 9.53 Å². The van der Waals surface area contributed by atoms with Crippen molar-refractivity contribution in [2.24, 2.45) is 11.3 Å². The molecule has 0 spiro atoms. The Morgan fingerprint density at radius 1 is 1.41 bits per heavy atom. The highest BCUT2D eigenvalue weighted by molar-refractivity contribution is 5.71. The van der Waals surface area contributed by atoms with Crippen molar-refractivity contribution in [1.29, 1.82) is 0 Å². The van der Waals surface area contributed by atoms with E-state index in [2.05, 4.69) is 32.6 Å². The first kappa shape index (κ1) is 14.5. The quantitative estimate of drug-likeness (QED) is 0.547. The fourth-order valence-corrected chi connectivity index (χ4v) is 2.24. The first-order valence-corrected chi connectivity index (χ1v) is 6.81. The molecule has 1 atom stereocenters. The minimum atomic E-state index is -0.0620. The van der Waals surface area contributed by atoms with Crippen LogP contribution in [0.25, 0.3) is 0 Å². The number of rotatable bonds is 5. The molecule has 0 N–H and O–H groups in total. The molecule has 0 aromatic heterocycles. The number of ether oxygens (including phenoxy) is 1. The van der Waals surface area contributed by atoms with Crippen molar-refractivity contribution in [2.45, 2.75) is 47.0 Å². The summed E-state index contributed by atoms with van der Waals surface area (Å²) in [5.41, 5.74) is 0.348. The van der Waals surface area contributed by atoms with Gasteiger partial charge in [-0.3, -0.25) is 9.69 Å². The lowest BCUT2D eigenvalue weighted by molar-refractivity contribution is -0.144. The number of hydrogen-bond donors (Lipinski definition) is 0. The Balaban J connectivity index is 2.23. The maximum absolute atomic E-state index is 11.6. The first-order chi connectivity index (χ1) is 7.93. The van der Waals surface area contributed by atoms with E-state index in [4.69, 9.17) is 4.74 Å². The summed E-state index contributed by atoms with van der Waals surface area (Å²) in [4.78, 5) is 13.8. The van der Waals surface area contributed by atoms with E-state index in [9.17, 15) is 4.79 Å². The molecule has 0 amide bonds. The topological polar surface area (TPSA) is 29.5 Å². The van der Waals surface area contributed by atoms with Crippen LogP contribution in [0.2, 0.25) is 0 Å². The molecule has 1 unspecified atom stereocenters. The SMILES string of the molecule is CCCCOC(=O)CN1CCC(C(C)(C)C)C1. The van der Waals surface area contributed by atoms with Gasteiger partial charge in [0.15, 0.2) is 0 Å². The van der Waals surface area contributed by atoms with Crippen molar-refractivity contribution in [1.82, 2.24) is 4.90 Å². The van der Waals surface area contributed by atoms with Gasteiger partial charge in [-0.05, 0) is 30.7 Å². The van der Waals surface area contributed by atoms with Crippen LogP contribution in [0, 0.1) is 11.3 Å². The maximum atomic E-state index is 11.6. The lowest BCUT2D eigenvalue weighted by atomic mass is 9.80. The number of unbranched alkanes of at least 4 members (excludes halogenated alkanes) is 1. The standard InChI is InChI=1S/C14H27NO2/c1-5-6-9-17-13(16)11-15-8-7-12(10-15)14(2,3)4/h12H,5-11H2,1-4H3. The van der Waals surface area contributed by atoms with E-state index >= 15 is 0 Å². The van der Waals surface area contributed by atoms with Crippen LogP contribution in [-0.2, 0) is 9.53 Å². The van der Waals surface area contributed by atoms with Gasteiger partial charge in [0.05, 0.1) is 13.2 Å². The van der Waals surface area contributed by atoms with E-state index in [1.807, 2.05) is 0 Å². The maximum Gasteiger partial charge on any atom is 0.320 e. The van der Waals surface area contributed by atoms with Crippen LogP contribution in [0.15, 0.2) is 0 Å². The zero-order valence-corrected chi connectivity index (χ0v) is 11.8. The monoisotopic (exact) mass is 241 g/mol. The molecule has 0 aromatic carbocycles. The molecule has 1 heterocycles. The lowest BCUT2D eigenvalue weighted by Gasteiger charge is -2.26. The van der Waals surface area contributed by atoms with E-state index in [-0.39, 0.29) is 5.97 Å². The number of esters is 1. The largest absolute Gasteiger partial charge is 0.465 e. The number of nitrogens with zero attached hydrogens (tertiary/aromatic N) is 1. The Hall–Kier alpha value is -0.570. The molecule has 1 aliphatic rings. The highest BCUT2D eigenvalue weighted by atomic mass is 16.5. The molecule has 0 aromatic rings. The van der Waals surface area contributed by atoms with E-state index in [0.29, 0.717) is 24.5 Å². The second-order valence-corrected chi connectivity index (χ2v) is 6.16. The molecule has 0 saturated carbocycles. The van der Waals surface area contributed by atoms with Gasteiger partial charge >= 0.3 is 5.97 Å². The van der Waals surface area contributed by atoms with Gasteiger partial charge in [-0.25, -0.2) is 0 Å². The minimum Gasteiger partial charge on any atom is -0.465 e. The summed E-state index contributed by atoms with van der Waals surface area (Å²) in [6.45, 7) is 12.0. The summed E-state index contributed by atoms with van der Waals surface area (Å²) in [7, 11) is 0.